The van der Waals surface area contributed by atoms with Crippen molar-refractivity contribution in [2.24, 2.45) is 0 Å². The molecular formula is C55H98O6. The molecule has 0 amide bonds. The zero-order valence-corrected chi connectivity index (χ0v) is 40.4. The molecule has 0 fully saturated rings. The number of rotatable bonds is 47. The minimum Gasteiger partial charge on any atom is -0.462 e. The highest BCUT2D eigenvalue weighted by Gasteiger charge is 2.19. The summed E-state index contributed by atoms with van der Waals surface area (Å²) in [6, 6.07) is 0. The molecule has 6 nitrogen and oxygen atoms in total. The summed E-state index contributed by atoms with van der Waals surface area (Å²) < 4.78 is 16.7. The summed E-state index contributed by atoms with van der Waals surface area (Å²) in [5.74, 6) is -0.899. The number of esters is 3. The van der Waals surface area contributed by atoms with Crippen LogP contribution in [0.3, 0.4) is 0 Å². The van der Waals surface area contributed by atoms with Crippen LogP contribution in [0.25, 0.3) is 0 Å². The van der Waals surface area contributed by atoms with E-state index in [0.717, 1.165) is 96.3 Å². The first-order valence-corrected chi connectivity index (χ1v) is 26.1. The van der Waals surface area contributed by atoms with Crippen LogP contribution in [0.15, 0.2) is 48.6 Å². The predicted octanol–water partition coefficient (Wildman–Crippen LogP) is 17.1. The van der Waals surface area contributed by atoms with Gasteiger partial charge in [-0.2, -0.15) is 0 Å². The highest BCUT2D eigenvalue weighted by Crippen LogP contribution is 2.16. The molecule has 0 rings (SSSR count). The summed E-state index contributed by atoms with van der Waals surface area (Å²) in [6.07, 6.45) is 59.6. The minimum atomic E-state index is -0.780. The third kappa shape index (κ3) is 48.3. The van der Waals surface area contributed by atoms with Gasteiger partial charge in [-0.25, -0.2) is 0 Å². The first kappa shape index (κ1) is 58.4. The van der Waals surface area contributed by atoms with E-state index in [1.807, 2.05) is 0 Å². The highest BCUT2D eigenvalue weighted by molar-refractivity contribution is 5.71. The van der Waals surface area contributed by atoms with Crippen LogP contribution in [0, 0.1) is 0 Å². The van der Waals surface area contributed by atoms with Crippen molar-refractivity contribution < 1.29 is 28.6 Å². The van der Waals surface area contributed by atoms with Crippen LogP contribution in [-0.2, 0) is 28.6 Å². The van der Waals surface area contributed by atoms with Crippen molar-refractivity contribution in [3.05, 3.63) is 48.6 Å². The molecule has 0 radical (unpaired) electrons. The van der Waals surface area contributed by atoms with E-state index in [1.54, 1.807) is 0 Å². The summed E-state index contributed by atoms with van der Waals surface area (Å²) >= 11 is 0. The molecule has 0 aromatic rings. The second-order valence-corrected chi connectivity index (χ2v) is 17.4. The molecule has 6 heteroatoms. The topological polar surface area (TPSA) is 78.9 Å². The van der Waals surface area contributed by atoms with E-state index < -0.39 is 6.10 Å². The summed E-state index contributed by atoms with van der Waals surface area (Å²) in [4.78, 5) is 37.9. The lowest BCUT2D eigenvalue weighted by molar-refractivity contribution is -0.167. The molecule has 0 aliphatic rings. The molecule has 0 aromatic heterocycles. The minimum absolute atomic E-state index is 0.0798. The van der Waals surface area contributed by atoms with Crippen LogP contribution in [0.5, 0.6) is 0 Å². The molecule has 0 aromatic carbocycles. The molecule has 0 heterocycles. The van der Waals surface area contributed by atoms with Crippen LogP contribution in [0.1, 0.15) is 265 Å². The van der Waals surface area contributed by atoms with Crippen LogP contribution in [0.2, 0.25) is 0 Å². The third-order valence-corrected chi connectivity index (χ3v) is 11.3. The Hall–Kier alpha value is -2.63. The molecule has 0 saturated carbocycles. The maximum atomic E-state index is 12.8. The average molecular weight is 855 g/mol. The fourth-order valence-electron chi connectivity index (χ4n) is 7.43. The fourth-order valence-corrected chi connectivity index (χ4v) is 7.43. The van der Waals surface area contributed by atoms with E-state index in [2.05, 4.69) is 69.4 Å². The molecule has 61 heavy (non-hydrogen) atoms. The van der Waals surface area contributed by atoms with Gasteiger partial charge in [0, 0.05) is 19.3 Å². The molecule has 0 saturated heterocycles. The lowest BCUT2D eigenvalue weighted by Gasteiger charge is -2.18. The van der Waals surface area contributed by atoms with Crippen LogP contribution in [0.4, 0.5) is 0 Å². The smallest absolute Gasteiger partial charge is 0.306 e. The molecule has 0 N–H and O–H groups in total. The van der Waals surface area contributed by atoms with Gasteiger partial charge in [0.05, 0.1) is 0 Å². The lowest BCUT2D eigenvalue weighted by Crippen LogP contribution is -2.30. The normalized spacial score (nSPS) is 12.4. The first-order valence-electron chi connectivity index (χ1n) is 26.1. The van der Waals surface area contributed by atoms with Crippen molar-refractivity contribution in [1.82, 2.24) is 0 Å². The van der Waals surface area contributed by atoms with Crippen molar-refractivity contribution in [1.29, 1.82) is 0 Å². The quantitative estimate of drug-likeness (QED) is 0.0263. The Kier molecular flexibility index (Phi) is 47.9. The monoisotopic (exact) mass is 855 g/mol. The predicted molar refractivity (Wildman–Crippen MR) is 261 cm³/mol. The maximum absolute atomic E-state index is 12.8. The summed E-state index contributed by atoms with van der Waals surface area (Å²) in [7, 11) is 0. The molecule has 0 aliphatic heterocycles. The van der Waals surface area contributed by atoms with Crippen molar-refractivity contribution >= 4 is 17.9 Å². The van der Waals surface area contributed by atoms with Gasteiger partial charge in [-0.15, -0.1) is 0 Å². The van der Waals surface area contributed by atoms with E-state index in [4.69, 9.17) is 14.2 Å². The van der Waals surface area contributed by atoms with E-state index in [9.17, 15) is 14.4 Å². The Labute approximate surface area is 378 Å². The molecule has 0 bridgehead atoms. The van der Waals surface area contributed by atoms with Gasteiger partial charge in [0.1, 0.15) is 13.2 Å². The summed E-state index contributed by atoms with van der Waals surface area (Å²) in [5, 5.41) is 0. The summed E-state index contributed by atoms with van der Waals surface area (Å²) in [5.41, 5.74) is 0. The van der Waals surface area contributed by atoms with Crippen molar-refractivity contribution in [3.8, 4) is 0 Å². The standard InChI is InChI=1S/C55H98O6/c1-4-7-10-13-16-19-21-23-25-27-29-30-32-34-36-39-42-45-48-54(57)60-51-52(50-59-53(56)47-44-41-38-18-15-12-9-6-3)61-55(58)49-46-43-40-37-35-33-31-28-26-24-22-20-17-14-11-8-5-2/h8,11,17,20,24,26,31,33,52H,4-7,9-10,12-16,18-19,21-23,25,27-30,32,34-51H2,1-3H3/b11-8-,20-17-,26-24-,33-31-. The number of carbonyl (C=O) groups excluding carboxylic acids is 3. The second-order valence-electron chi connectivity index (χ2n) is 17.4. The SMILES string of the molecule is CC/C=C\C/C=C\C/C=C\C/C=C\CCCCCCC(=O)OC(COC(=O)CCCCCCCCCC)COC(=O)CCCCCCCCCCCCCCCCCCCC. The Balaban J connectivity index is 4.30. The van der Waals surface area contributed by atoms with E-state index >= 15 is 0 Å². The lowest BCUT2D eigenvalue weighted by atomic mass is 10.0. The molecule has 354 valence electrons. The number of unbranched alkanes of at least 4 members (excludes halogenated alkanes) is 28. The zero-order chi connectivity index (χ0) is 44.4. The van der Waals surface area contributed by atoms with E-state index in [1.165, 1.54) is 128 Å². The Bertz CT molecular complexity index is 1070. The van der Waals surface area contributed by atoms with Gasteiger partial charge in [0.2, 0.25) is 0 Å². The highest BCUT2D eigenvalue weighted by atomic mass is 16.6. The van der Waals surface area contributed by atoms with Gasteiger partial charge < -0.3 is 14.2 Å². The third-order valence-electron chi connectivity index (χ3n) is 11.3. The zero-order valence-electron chi connectivity index (χ0n) is 40.4. The van der Waals surface area contributed by atoms with Gasteiger partial charge in [-0.05, 0) is 57.8 Å². The van der Waals surface area contributed by atoms with Crippen LogP contribution >= 0.6 is 0 Å². The van der Waals surface area contributed by atoms with Crippen LogP contribution < -0.4 is 0 Å². The van der Waals surface area contributed by atoms with Crippen LogP contribution in [-0.4, -0.2) is 37.2 Å². The second kappa shape index (κ2) is 50.0. The van der Waals surface area contributed by atoms with E-state index in [-0.39, 0.29) is 31.1 Å². The first-order chi connectivity index (χ1) is 30.0. The molecule has 1 atom stereocenters. The van der Waals surface area contributed by atoms with Gasteiger partial charge in [-0.3, -0.25) is 14.4 Å². The van der Waals surface area contributed by atoms with Crippen molar-refractivity contribution in [2.75, 3.05) is 13.2 Å². The van der Waals surface area contributed by atoms with Gasteiger partial charge in [-0.1, -0.05) is 236 Å². The Morgan fingerprint density at radius 3 is 1.00 bits per heavy atom. The largest absolute Gasteiger partial charge is 0.462 e. The molecular weight excluding hydrogens is 757 g/mol. The molecule has 0 aliphatic carbocycles. The van der Waals surface area contributed by atoms with Gasteiger partial charge in [0.25, 0.3) is 0 Å². The number of hydrogen-bond donors (Lipinski definition) is 0. The van der Waals surface area contributed by atoms with Crippen molar-refractivity contribution in [2.45, 2.75) is 271 Å². The van der Waals surface area contributed by atoms with Gasteiger partial charge >= 0.3 is 17.9 Å². The Morgan fingerprint density at radius 1 is 0.344 bits per heavy atom. The summed E-state index contributed by atoms with van der Waals surface area (Å²) in [6.45, 7) is 6.50. The maximum Gasteiger partial charge on any atom is 0.306 e. The number of ether oxygens (including phenoxy) is 3. The number of hydrogen-bond acceptors (Lipinski definition) is 6. The van der Waals surface area contributed by atoms with E-state index in [0.29, 0.717) is 19.3 Å². The average Bonchev–Trinajstić information content (AvgIpc) is 3.26. The number of allylic oxidation sites excluding steroid dienone is 8. The van der Waals surface area contributed by atoms with Crippen molar-refractivity contribution in [3.63, 3.8) is 0 Å². The fraction of sp³-hybridized carbons (Fsp3) is 0.800. The molecule has 0 spiro atoms. The molecule has 1 unspecified atom stereocenters. The number of carbonyl (C=O) groups is 3. The van der Waals surface area contributed by atoms with Gasteiger partial charge in [0.15, 0.2) is 6.10 Å². The Morgan fingerprint density at radius 2 is 0.639 bits per heavy atom.